The van der Waals surface area contributed by atoms with Gasteiger partial charge >= 0.3 is 0 Å². The van der Waals surface area contributed by atoms with Crippen molar-refractivity contribution in [3.8, 4) is 33.9 Å². The van der Waals surface area contributed by atoms with Crippen LogP contribution in [0.5, 0.6) is 0 Å². The van der Waals surface area contributed by atoms with Crippen molar-refractivity contribution in [3.05, 3.63) is 73.2 Å². The van der Waals surface area contributed by atoms with Crippen molar-refractivity contribution in [2.75, 3.05) is 5.32 Å². The maximum Gasteiger partial charge on any atom is 0.224 e. The zero-order chi connectivity index (χ0) is 25.4. The van der Waals surface area contributed by atoms with Crippen molar-refractivity contribution in [2.24, 2.45) is 0 Å². The van der Waals surface area contributed by atoms with E-state index in [0.717, 1.165) is 28.6 Å². The van der Waals surface area contributed by atoms with E-state index in [2.05, 4.69) is 35.5 Å². The van der Waals surface area contributed by atoms with Gasteiger partial charge in [0.15, 0.2) is 11.6 Å². The van der Waals surface area contributed by atoms with E-state index >= 15 is 4.39 Å². The third-order valence-corrected chi connectivity index (χ3v) is 6.03. The van der Waals surface area contributed by atoms with Crippen molar-refractivity contribution in [1.82, 2.24) is 35.1 Å². The Labute approximate surface area is 210 Å². The van der Waals surface area contributed by atoms with E-state index in [-0.39, 0.29) is 17.0 Å². The quantitative estimate of drug-likeness (QED) is 0.282. The number of para-hydroxylation sites is 1. The molecule has 5 heterocycles. The summed E-state index contributed by atoms with van der Waals surface area (Å²) in [6.45, 7) is 1.92. The lowest BCUT2D eigenvalue weighted by Crippen LogP contribution is -2.10. The molecule has 0 aliphatic rings. The first-order valence-corrected chi connectivity index (χ1v) is 11.8. The van der Waals surface area contributed by atoms with Gasteiger partial charge in [0.2, 0.25) is 5.91 Å². The highest BCUT2D eigenvalue weighted by Crippen LogP contribution is 2.34. The Morgan fingerprint density at radius 2 is 1.89 bits per heavy atom. The molecule has 9 nitrogen and oxygen atoms in total. The fourth-order valence-electron chi connectivity index (χ4n) is 4.34. The predicted octanol–water partition coefficient (Wildman–Crippen LogP) is 5.50. The Balaban J connectivity index is 1.44. The number of H-pyrrole nitrogens is 2. The third kappa shape index (κ3) is 4.08. The van der Waals surface area contributed by atoms with Crippen LogP contribution in [0.25, 0.3) is 55.8 Å². The van der Waals surface area contributed by atoms with Gasteiger partial charge in [0.05, 0.1) is 40.0 Å². The molecular formula is C27H21FN8O. The minimum absolute atomic E-state index is 0.0985. The van der Waals surface area contributed by atoms with Crippen LogP contribution in [0.4, 0.5) is 10.1 Å². The molecule has 0 unspecified atom stereocenters. The van der Waals surface area contributed by atoms with Gasteiger partial charge in [0.1, 0.15) is 11.4 Å². The molecule has 0 bridgehead atoms. The molecule has 6 rings (SSSR count). The highest BCUT2D eigenvalue weighted by Gasteiger charge is 2.21. The smallest absolute Gasteiger partial charge is 0.224 e. The fourth-order valence-corrected chi connectivity index (χ4v) is 4.34. The number of halogens is 1. The number of benzene rings is 1. The van der Waals surface area contributed by atoms with E-state index in [9.17, 15) is 4.79 Å². The number of carbonyl (C=O) groups is 1. The van der Waals surface area contributed by atoms with Gasteiger partial charge in [0.25, 0.3) is 0 Å². The van der Waals surface area contributed by atoms with Crippen LogP contribution in [-0.4, -0.2) is 41.0 Å². The average Bonchev–Trinajstić information content (AvgIpc) is 3.54. The molecule has 182 valence electrons. The summed E-state index contributed by atoms with van der Waals surface area (Å²) in [5, 5.41) is 10.2. The predicted molar refractivity (Wildman–Crippen MR) is 139 cm³/mol. The van der Waals surface area contributed by atoms with Crippen molar-refractivity contribution >= 4 is 33.5 Å². The van der Waals surface area contributed by atoms with Gasteiger partial charge in [-0.05, 0) is 24.6 Å². The number of imidazole rings is 1. The molecule has 0 fully saturated rings. The number of pyridine rings is 3. The lowest BCUT2D eigenvalue weighted by molar-refractivity contribution is -0.116. The maximum atomic E-state index is 16.0. The van der Waals surface area contributed by atoms with Gasteiger partial charge in [0, 0.05) is 41.7 Å². The molecule has 6 aromatic rings. The molecule has 0 spiro atoms. The van der Waals surface area contributed by atoms with E-state index in [1.807, 2.05) is 37.3 Å². The van der Waals surface area contributed by atoms with Crippen LogP contribution in [0.3, 0.4) is 0 Å². The normalized spacial score (nSPS) is 11.3. The van der Waals surface area contributed by atoms with E-state index in [1.165, 1.54) is 18.6 Å². The SMILES string of the molecule is CCCC(=O)Nc1cncc(-c2ncc3[nH]nc(-c4nc5c(-c6cccnc6)cccc5[nH]4)c3c2F)c1. The van der Waals surface area contributed by atoms with E-state index in [1.54, 1.807) is 18.5 Å². The third-order valence-electron chi connectivity index (χ3n) is 6.03. The molecule has 10 heteroatoms. The number of fused-ring (bicyclic) bond motifs is 2. The van der Waals surface area contributed by atoms with Crippen LogP contribution in [0, 0.1) is 5.82 Å². The summed E-state index contributed by atoms with van der Waals surface area (Å²) in [6.07, 6.45) is 9.16. The fraction of sp³-hybridized carbons (Fsp3) is 0.111. The zero-order valence-electron chi connectivity index (χ0n) is 19.8. The number of hydrogen-bond donors (Lipinski definition) is 3. The summed E-state index contributed by atoms with van der Waals surface area (Å²) < 4.78 is 16.0. The van der Waals surface area contributed by atoms with Gasteiger partial charge in [-0.25, -0.2) is 9.37 Å². The maximum absolute atomic E-state index is 16.0. The molecule has 0 saturated heterocycles. The van der Waals surface area contributed by atoms with Crippen molar-refractivity contribution in [1.29, 1.82) is 0 Å². The minimum Gasteiger partial charge on any atom is -0.337 e. The lowest BCUT2D eigenvalue weighted by atomic mass is 10.1. The number of nitrogens with zero attached hydrogens (tertiary/aromatic N) is 5. The van der Waals surface area contributed by atoms with Gasteiger partial charge in [-0.15, -0.1) is 0 Å². The van der Waals surface area contributed by atoms with Crippen molar-refractivity contribution < 1.29 is 9.18 Å². The lowest BCUT2D eigenvalue weighted by Gasteiger charge is -2.07. The number of anilines is 1. The summed E-state index contributed by atoms with van der Waals surface area (Å²) in [5.41, 5.74) is 5.14. The Morgan fingerprint density at radius 3 is 2.73 bits per heavy atom. The van der Waals surface area contributed by atoms with E-state index in [4.69, 9.17) is 4.98 Å². The first-order valence-electron chi connectivity index (χ1n) is 11.8. The number of rotatable bonds is 6. The van der Waals surface area contributed by atoms with Gasteiger partial charge in [-0.1, -0.05) is 25.1 Å². The second-order valence-corrected chi connectivity index (χ2v) is 8.57. The van der Waals surface area contributed by atoms with Crippen LogP contribution >= 0.6 is 0 Å². The Bertz CT molecular complexity index is 1760. The standard InChI is InChI=1S/C27H21FN8O/c1-2-5-21(37)32-17-10-16(12-30-13-17)24-23(28)22-20(14-31-24)35-36-26(22)27-33-19-8-3-7-18(25(19)34-27)15-6-4-9-29-11-15/h3-4,6-14H,2,5H2,1H3,(H,32,37)(H,33,34)(H,35,36). The average molecular weight is 493 g/mol. The van der Waals surface area contributed by atoms with Gasteiger partial charge in [-0.3, -0.25) is 24.8 Å². The molecule has 0 saturated carbocycles. The molecule has 3 N–H and O–H groups in total. The van der Waals surface area contributed by atoms with E-state index in [0.29, 0.717) is 34.7 Å². The topological polar surface area (TPSA) is 125 Å². The molecule has 37 heavy (non-hydrogen) atoms. The number of carbonyl (C=O) groups excluding carboxylic acids is 1. The summed E-state index contributed by atoms with van der Waals surface area (Å²) in [7, 11) is 0. The number of aromatic nitrogens is 7. The van der Waals surface area contributed by atoms with Gasteiger partial charge < -0.3 is 10.3 Å². The van der Waals surface area contributed by atoms with E-state index < -0.39 is 5.82 Å². The monoisotopic (exact) mass is 492 g/mol. The first-order chi connectivity index (χ1) is 18.1. The molecule has 1 aromatic carbocycles. The summed E-state index contributed by atoms with van der Waals surface area (Å²) in [5.74, 6) is -0.265. The molecular weight excluding hydrogens is 471 g/mol. The summed E-state index contributed by atoms with van der Waals surface area (Å²) in [6, 6.07) is 11.3. The second kappa shape index (κ2) is 9.23. The number of nitrogens with one attached hydrogen (secondary N) is 3. The van der Waals surface area contributed by atoms with Crippen molar-refractivity contribution in [2.45, 2.75) is 19.8 Å². The Kier molecular flexibility index (Phi) is 5.61. The van der Waals surface area contributed by atoms with Crippen LogP contribution in [0.1, 0.15) is 19.8 Å². The second-order valence-electron chi connectivity index (χ2n) is 8.57. The molecule has 5 aromatic heterocycles. The van der Waals surface area contributed by atoms with Gasteiger partial charge in [-0.2, -0.15) is 5.10 Å². The summed E-state index contributed by atoms with van der Waals surface area (Å²) >= 11 is 0. The molecule has 1 amide bonds. The molecule has 0 aliphatic carbocycles. The van der Waals surface area contributed by atoms with Crippen LogP contribution in [0.2, 0.25) is 0 Å². The number of hydrogen-bond acceptors (Lipinski definition) is 6. The van der Waals surface area contributed by atoms with Crippen molar-refractivity contribution in [3.63, 3.8) is 0 Å². The van der Waals surface area contributed by atoms with Crippen LogP contribution in [-0.2, 0) is 4.79 Å². The highest BCUT2D eigenvalue weighted by molar-refractivity contribution is 5.98. The number of aromatic amines is 2. The molecule has 0 radical (unpaired) electrons. The van der Waals surface area contributed by atoms with Crippen LogP contribution < -0.4 is 5.32 Å². The number of amides is 1. The largest absolute Gasteiger partial charge is 0.337 e. The van der Waals surface area contributed by atoms with Crippen LogP contribution in [0.15, 0.2) is 67.4 Å². The zero-order valence-corrected chi connectivity index (χ0v) is 19.8. The molecule has 0 aliphatic heterocycles. The molecule has 0 atom stereocenters. The minimum atomic E-state index is -0.562. The highest BCUT2D eigenvalue weighted by atomic mass is 19.1. The first kappa shape index (κ1) is 22.5. The Hall–Kier alpha value is -4.99. The Morgan fingerprint density at radius 1 is 1.00 bits per heavy atom. The summed E-state index contributed by atoms with van der Waals surface area (Å²) in [4.78, 5) is 32.7.